The van der Waals surface area contributed by atoms with E-state index in [4.69, 9.17) is 0 Å². The van der Waals surface area contributed by atoms with Crippen LogP contribution in [0.3, 0.4) is 0 Å². The smallest absolute Gasteiger partial charge is 0.0794 e. The fraction of sp³-hybridized carbons (Fsp3) is 0.800. The van der Waals surface area contributed by atoms with E-state index in [1.807, 2.05) is 5.51 Å². The first kappa shape index (κ1) is 14.9. The number of hydrogen-bond donors (Lipinski definition) is 1. The molecule has 1 aliphatic heterocycles. The third-order valence-electron chi connectivity index (χ3n) is 4.50. The SMILES string of the molecule is CCC(C)C1CN(CCc2cscn2)C(CC)CN1. The summed E-state index contributed by atoms with van der Waals surface area (Å²) in [5.41, 5.74) is 3.19. The van der Waals surface area contributed by atoms with Crippen LogP contribution in [0.15, 0.2) is 10.9 Å². The molecule has 3 nitrogen and oxygen atoms in total. The van der Waals surface area contributed by atoms with Gasteiger partial charge < -0.3 is 5.32 Å². The number of nitrogens with one attached hydrogen (secondary N) is 1. The van der Waals surface area contributed by atoms with Crippen LogP contribution in [0, 0.1) is 5.92 Å². The second-order valence-electron chi connectivity index (χ2n) is 5.69. The van der Waals surface area contributed by atoms with Crippen molar-refractivity contribution in [1.29, 1.82) is 0 Å². The largest absolute Gasteiger partial charge is 0.311 e. The predicted octanol–water partition coefficient (Wildman–Crippen LogP) is 2.78. The minimum absolute atomic E-state index is 0.656. The molecule has 1 aliphatic rings. The third-order valence-corrected chi connectivity index (χ3v) is 5.14. The molecule has 0 aromatic carbocycles. The van der Waals surface area contributed by atoms with Crippen molar-refractivity contribution < 1.29 is 0 Å². The van der Waals surface area contributed by atoms with E-state index in [1.165, 1.54) is 25.1 Å². The molecule has 0 spiro atoms. The zero-order valence-electron chi connectivity index (χ0n) is 12.4. The van der Waals surface area contributed by atoms with E-state index in [1.54, 1.807) is 11.3 Å². The summed E-state index contributed by atoms with van der Waals surface area (Å²) in [4.78, 5) is 7.07. The Balaban J connectivity index is 1.90. The van der Waals surface area contributed by atoms with Crippen molar-refractivity contribution in [2.75, 3.05) is 19.6 Å². The Morgan fingerprint density at radius 2 is 2.37 bits per heavy atom. The molecule has 0 saturated carbocycles. The van der Waals surface area contributed by atoms with E-state index >= 15 is 0 Å². The van der Waals surface area contributed by atoms with E-state index in [2.05, 4.69) is 41.4 Å². The molecule has 1 fully saturated rings. The summed E-state index contributed by atoms with van der Waals surface area (Å²) in [5.74, 6) is 0.763. The van der Waals surface area contributed by atoms with Gasteiger partial charge in [-0.15, -0.1) is 11.3 Å². The molecule has 1 N–H and O–H groups in total. The summed E-state index contributed by atoms with van der Waals surface area (Å²) >= 11 is 1.70. The van der Waals surface area contributed by atoms with Gasteiger partial charge in [0, 0.05) is 43.5 Å². The zero-order chi connectivity index (χ0) is 13.7. The van der Waals surface area contributed by atoms with Gasteiger partial charge in [-0.2, -0.15) is 0 Å². The van der Waals surface area contributed by atoms with Crippen molar-refractivity contribution in [2.45, 2.75) is 52.1 Å². The maximum absolute atomic E-state index is 4.40. The van der Waals surface area contributed by atoms with Crippen LogP contribution in [0.1, 0.15) is 39.3 Å². The van der Waals surface area contributed by atoms with Crippen molar-refractivity contribution in [2.24, 2.45) is 5.92 Å². The maximum atomic E-state index is 4.40. The third kappa shape index (κ3) is 4.01. The summed E-state index contributed by atoms with van der Waals surface area (Å²) in [5, 5.41) is 5.91. The predicted molar refractivity (Wildman–Crippen MR) is 82.7 cm³/mol. The highest BCUT2D eigenvalue weighted by Crippen LogP contribution is 2.17. The zero-order valence-corrected chi connectivity index (χ0v) is 13.2. The van der Waals surface area contributed by atoms with Crippen LogP contribution in [0.5, 0.6) is 0 Å². The Hall–Kier alpha value is -0.450. The molecule has 108 valence electrons. The summed E-state index contributed by atoms with van der Waals surface area (Å²) in [6.07, 6.45) is 3.58. The first-order chi connectivity index (χ1) is 9.24. The number of nitrogens with zero attached hydrogens (tertiary/aromatic N) is 2. The quantitative estimate of drug-likeness (QED) is 0.869. The van der Waals surface area contributed by atoms with Crippen molar-refractivity contribution in [3.63, 3.8) is 0 Å². The monoisotopic (exact) mass is 281 g/mol. The van der Waals surface area contributed by atoms with E-state index in [0.717, 1.165) is 25.4 Å². The van der Waals surface area contributed by atoms with Crippen molar-refractivity contribution in [3.05, 3.63) is 16.6 Å². The molecule has 19 heavy (non-hydrogen) atoms. The van der Waals surface area contributed by atoms with Gasteiger partial charge >= 0.3 is 0 Å². The summed E-state index contributed by atoms with van der Waals surface area (Å²) in [6, 6.07) is 1.35. The van der Waals surface area contributed by atoms with Crippen LogP contribution in [-0.4, -0.2) is 41.6 Å². The molecule has 4 heteroatoms. The van der Waals surface area contributed by atoms with E-state index in [0.29, 0.717) is 12.1 Å². The van der Waals surface area contributed by atoms with Gasteiger partial charge in [0.1, 0.15) is 0 Å². The topological polar surface area (TPSA) is 28.2 Å². The molecule has 1 saturated heterocycles. The van der Waals surface area contributed by atoms with Gasteiger partial charge in [0.25, 0.3) is 0 Å². The van der Waals surface area contributed by atoms with Gasteiger partial charge in [-0.25, -0.2) is 4.98 Å². The standard InChI is InChI=1S/C15H27N3S/c1-4-12(3)15-9-18(14(5-2)8-16-15)7-6-13-10-19-11-17-13/h10-12,14-16H,4-9H2,1-3H3. The number of rotatable bonds is 6. The van der Waals surface area contributed by atoms with Gasteiger partial charge in [0.2, 0.25) is 0 Å². The average Bonchev–Trinajstić information content (AvgIpc) is 2.97. The molecule has 1 aromatic heterocycles. The molecule has 2 rings (SSSR count). The van der Waals surface area contributed by atoms with Crippen LogP contribution in [0.25, 0.3) is 0 Å². The summed E-state index contributed by atoms with van der Waals surface area (Å²) in [7, 11) is 0. The van der Waals surface area contributed by atoms with Crippen molar-refractivity contribution >= 4 is 11.3 Å². The minimum atomic E-state index is 0.656. The highest BCUT2D eigenvalue weighted by molar-refractivity contribution is 7.07. The first-order valence-electron chi connectivity index (χ1n) is 7.59. The lowest BCUT2D eigenvalue weighted by Crippen LogP contribution is -2.58. The van der Waals surface area contributed by atoms with E-state index in [9.17, 15) is 0 Å². The second kappa shape index (κ2) is 7.36. The Kier molecular flexibility index (Phi) is 5.79. The normalized spacial score (nSPS) is 26.5. The molecule has 0 amide bonds. The van der Waals surface area contributed by atoms with E-state index in [-0.39, 0.29) is 0 Å². The number of piperazine rings is 1. The Morgan fingerprint density at radius 3 is 3.00 bits per heavy atom. The summed E-state index contributed by atoms with van der Waals surface area (Å²) in [6.45, 7) is 10.4. The van der Waals surface area contributed by atoms with Gasteiger partial charge in [-0.1, -0.05) is 27.2 Å². The Morgan fingerprint density at radius 1 is 1.53 bits per heavy atom. The molecule has 0 radical (unpaired) electrons. The van der Waals surface area contributed by atoms with Gasteiger partial charge in [-0.3, -0.25) is 4.90 Å². The average molecular weight is 281 g/mol. The highest BCUT2D eigenvalue weighted by atomic mass is 32.1. The molecular formula is C15H27N3S. The van der Waals surface area contributed by atoms with Crippen LogP contribution in [0.4, 0.5) is 0 Å². The molecule has 0 bridgehead atoms. The lowest BCUT2D eigenvalue weighted by atomic mass is 9.94. The van der Waals surface area contributed by atoms with E-state index < -0.39 is 0 Å². The Labute approximate surface area is 121 Å². The molecule has 2 heterocycles. The number of aromatic nitrogens is 1. The van der Waals surface area contributed by atoms with Crippen molar-refractivity contribution in [3.8, 4) is 0 Å². The van der Waals surface area contributed by atoms with Crippen LogP contribution in [0.2, 0.25) is 0 Å². The molecule has 1 aromatic rings. The lowest BCUT2D eigenvalue weighted by molar-refractivity contribution is 0.107. The fourth-order valence-corrected chi connectivity index (χ4v) is 3.44. The second-order valence-corrected chi connectivity index (χ2v) is 6.41. The molecule has 3 unspecified atom stereocenters. The number of hydrogen-bond acceptors (Lipinski definition) is 4. The van der Waals surface area contributed by atoms with Crippen molar-refractivity contribution in [1.82, 2.24) is 15.2 Å². The van der Waals surface area contributed by atoms with Gasteiger partial charge in [0.05, 0.1) is 11.2 Å². The van der Waals surface area contributed by atoms with Crippen LogP contribution < -0.4 is 5.32 Å². The molecular weight excluding hydrogens is 254 g/mol. The maximum Gasteiger partial charge on any atom is 0.0794 e. The van der Waals surface area contributed by atoms with Gasteiger partial charge in [0.15, 0.2) is 0 Å². The Bertz CT molecular complexity index is 352. The summed E-state index contributed by atoms with van der Waals surface area (Å²) < 4.78 is 0. The number of thiazole rings is 1. The lowest BCUT2D eigenvalue weighted by Gasteiger charge is -2.42. The minimum Gasteiger partial charge on any atom is -0.311 e. The van der Waals surface area contributed by atoms with Gasteiger partial charge in [-0.05, 0) is 12.3 Å². The fourth-order valence-electron chi connectivity index (χ4n) is 2.84. The molecule has 3 atom stereocenters. The van der Waals surface area contributed by atoms with Crippen LogP contribution in [-0.2, 0) is 6.42 Å². The molecule has 0 aliphatic carbocycles. The van der Waals surface area contributed by atoms with Crippen LogP contribution >= 0.6 is 11.3 Å². The highest BCUT2D eigenvalue weighted by Gasteiger charge is 2.28. The first-order valence-corrected chi connectivity index (χ1v) is 8.53.